The highest BCUT2D eigenvalue weighted by Crippen LogP contribution is 2.23. The molecule has 4 rings (SSSR count). The summed E-state index contributed by atoms with van der Waals surface area (Å²) in [5.41, 5.74) is 3.29. The molecule has 0 N–H and O–H groups in total. The maximum atomic E-state index is 13.2. The third kappa shape index (κ3) is 5.41. The van der Waals surface area contributed by atoms with E-state index >= 15 is 0 Å². The Morgan fingerprint density at radius 2 is 1.89 bits per heavy atom. The van der Waals surface area contributed by atoms with Gasteiger partial charge in [0.2, 0.25) is 15.9 Å². The van der Waals surface area contributed by atoms with Gasteiger partial charge in [0.15, 0.2) is 0 Å². The second kappa shape index (κ2) is 10.5. The van der Waals surface area contributed by atoms with Crippen LogP contribution >= 0.6 is 0 Å². The topological polar surface area (TPSA) is 89.6 Å². The lowest BCUT2D eigenvalue weighted by Crippen LogP contribution is -2.29. The monoisotopic (exact) mass is 497 g/mol. The van der Waals surface area contributed by atoms with Gasteiger partial charge in [-0.05, 0) is 62.6 Å². The molecule has 3 aromatic rings. The Hall–Kier alpha value is -2.78. The lowest BCUT2D eigenvalue weighted by molar-refractivity contribution is 0.0896. The molecule has 2 heterocycles. The Morgan fingerprint density at radius 3 is 2.57 bits per heavy atom. The minimum Gasteiger partial charge on any atom is -0.328 e. The fourth-order valence-corrected chi connectivity index (χ4v) is 5.63. The normalized spacial score (nSPS) is 15.9. The van der Waals surface area contributed by atoms with Gasteiger partial charge in [0.25, 0.3) is 0 Å². The summed E-state index contributed by atoms with van der Waals surface area (Å²) in [7, 11) is -0.520. The molecule has 1 fully saturated rings. The zero-order valence-corrected chi connectivity index (χ0v) is 21.9. The van der Waals surface area contributed by atoms with Crippen LogP contribution in [-0.4, -0.2) is 52.9 Å². The molecule has 1 aliphatic rings. The van der Waals surface area contributed by atoms with E-state index in [0.717, 1.165) is 35.2 Å². The van der Waals surface area contributed by atoms with Crippen molar-refractivity contribution in [1.29, 1.82) is 0 Å². The first-order chi connectivity index (χ1) is 16.7. The van der Waals surface area contributed by atoms with E-state index in [4.69, 9.17) is 9.98 Å². The van der Waals surface area contributed by atoms with Gasteiger partial charge < -0.3 is 4.57 Å². The van der Waals surface area contributed by atoms with Crippen molar-refractivity contribution in [2.45, 2.75) is 76.3 Å². The summed E-state index contributed by atoms with van der Waals surface area (Å²) in [6, 6.07) is 9.22. The number of rotatable bonds is 7. The minimum absolute atomic E-state index is 0.0230. The zero-order valence-electron chi connectivity index (χ0n) is 21.1. The molecule has 0 bridgehead atoms. The van der Waals surface area contributed by atoms with Gasteiger partial charge in [-0.1, -0.05) is 19.3 Å². The van der Waals surface area contributed by atoms with Crippen molar-refractivity contribution in [2.24, 2.45) is 4.99 Å². The van der Waals surface area contributed by atoms with Crippen LogP contribution in [0.25, 0.3) is 11.0 Å². The maximum Gasteiger partial charge on any atom is 0.242 e. The van der Waals surface area contributed by atoms with Crippen LogP contribution in [0.1, 0.15) is 61.6 Å². The Morgan fingerprint density at radius 1 is 1.14 bits per heavy atom. The van der Waals surface area contributed by atoms with Crippen molar-refractivity contribution < 1.29 is 13.2 Å². The van der Waals surface area contributed by atoms with E-state index in [1.54, 1.807) is 22.8 Å². The SMILES string of the molecule is CCn1c(CCC(=O)n2ccc(C)cc2=NC2CCCCC2)nc2cc(S(=O)(=O)N(C)C)ccc21. The number of carbonyl (C=O) groups is 1. The molecule has 0 amide bonds. The fraction of sp³-hybridized carbons (Fsp3) is 0.500. The number of hydrogen-bond acceptors (Lipinski definition) is 5. The molecule has 0 saturated heterocycles. The molecule has 0 unspecified atom stereocenters. The number of pyridine rings is 1. The molecule has 9 heteroatoms. The van der Waals surface area contributed by atoms with E-state index in [0.29, 0.717) is 18.5 Å². The van der Waals surface area contributed by atoms with E-state index in [9.17, 15) is 13.2 Å². The van der Waals surface area contributed by atoms with Crippen LogP contribution < -0.4 is 5.49 Å². The van der Waals surface area contributed by atoms with E-state index in [-0.39, 0.29) is 23.3 Å². The van der Waals surface area contributed by atoms with E-state index in [1.165, 1.54) is 37.7 Å². The number of sulfonamides is 1. The highest BCUT2D eigenvalue weighted by molar-refractivity contribution is 7.89. The highest BCUT2D eigenvalue weighted by Gasteiger charge is 2.20. The smallest absolute Gasteiger partial charge is 0.242 e. The molecule has 1 aromatic carbocycles. The number of aryl methyl sites for hydroxylation is 3. The van der Waals surface area contributed by atoms with Gasteiger partial charge in [-0.3, -0.25) is 14.4 Å². The molecule has 0 atom stereocenters. The van der Waals surface area contributed by atoms with Gasteiger partial charge in [0.05, 0.1) is 22.0 Å². The van der Waals surface area contributed by atoms with Crippen LogP contribution in [0.4, 0.5) is 0 Å². The quantitative estimate of drug-likeness (QED) is 0.495. The van der Waals surface area contributed by atoms with Crippen molar-refractivity contribution in [2.75, 3.05) is 14.1 Å². The predicted octanol–water partition coefficient (Wildman–Crippen LogP) is 3.92. The summed E-state index contributed by atoms with van der Waals surface area (Å²) in [4.78, 5) is 23.1. The van der Waals surface area contributed by atoms with Gasteiger partial charge in [-0.25, -0.2) is 17.7 Å². The number of nitrogens with zero attached hydrogens (tertiary/aromatic N) is 5. The number of carbonyl (C=O) groups excluding carboxylic acids is 1. The second-order valence-corrected chi connectivity index (χ2v) is 11.6. The second-order valence-electron chi connectivity index (χ2n) is 9.46. The van der Waals surface area contributed by atoms with Gasteiger partial charge in [-0.15, -0.1) is 0 Å². The third-order valence-electron chi connectivity index (χ3n) is 6.70. The molecule has 188 valence electrons. The Balaban J connectivity index is 1.60. The van der Waals surface area contributed by atoms with Crippen molar-refractivity contribution in [3.8, 4) is 0 Å². The van der Waals surface area contributed by atoms with Crippen molar-refractivity contribution in [1.82, 2.24) is 18.4 Å². The van der Waals surface area contributed by atoms with E-state index in [2.05, 4.69) is 0 Å². The van der Waals surface area contributed by atoms with Crippen molar-refractivity contribution in [3.05, 3.63) is 53.4 Å². The van der Waals surface area contributed by atoms with Crippen LogP contribution in [0.3, 0.4) is 0 Å². The molecule has 35 heavy (non-hydrogen) atoms. The molecule has 0 spiro atoms. The van der Waals surface area contributed by atoms with E-state index in [1.807, 2.05) is 36.7 Å². The summed E-state index contributed by atoms with van der Waals surface area (Å²) < 4.78 is 30.0. The van der Waals surface area contributed by atoms with Gasteiger partial charge in [-0.2, -0.15) is 0 Å². The summed E-state index contributed by atoms with van der Waals surface area (Å²) in [5, 5.41) is 0. The number of aromatic nitrogens is 3. The van der Waals surface area contributed by atoms with Crippen molar-refractivity contribution >= 4 is 27.0 Å². The zero-order chi connectivity index (χ0) is 25.2. The lowest BCUT2D eigenvalue weighted by Gasteiger charge is -2.18. The van der Waals surface area contributed by atoms with Crippen LogP contribution in [-0.2, 0) is 23.0 Å². The Kier molecular flexibility index (Phi) is 7.56. The van der Waals surface area contributed by atoms with Crippen LogP contribution in [0.15, 0.2) is 46.4 Å². The van der Waals surface area contributed by atoms with Crippen LogP contribution in [0.2, 0.25) is 0 Å². The molecule has 1 saturated carbocycles. The largest absolute Gasteiger partial charge is 0.328 e. The first-order valence-corrected chi connectivity index (χ1v) is 13.8. The third-order valence-corrected chi connectivity index (χ3v) is 8.52. The molecular formula is C26H35N5O3S. The molecule has 2 aromatic heterocycles. The molecule has 0 radical (unpaired) electrons. The highest BCUT2D eigenvalue weighted by atomic mass is 32.2. The van der Waals surface area contributed by atoms with Gasteiger partial charge >= 0.3 is 0 Å². The van der Waals surface area contributed by atoms with Gasteiger partial charge in [0.1, 0.15) is 11.3 Å². The first-order valence-electron chi connectivity index (χ1n) is 12.4. The summed E-state index contributed by atoms with van der Waals surface area (Å²) in [6.07, 6.45) is 8.37. The summed E-state index contributed by atoms with van der Waals surface area (Å²) >= 11 is 0. The van der Waals surface area contributed by atoms with Crippen LogP contribution in [0, 0.1) is 6.92 Å². The molecule has 0 aliphatic heterocycles. The maximum absolute atomic E-state index is 13.2. The summed E-state index contributed by atoms with van der Waals surface area (Å²) in [5.74, 6) is 0.749. The number of imidazole rings is 1. The standard InChI is InChI=1S/C26H35N5O3S/c1-5-30-23-12-11-21(35(33,34)29(3)4)18-22(23)28-24(30)13-14-26(32)31-16-15-19(2)17-25(31)27-20-9-7-6-8-10-20/h11-12,15-18,20H,5-10,13-14H2,1-4H3. The lowest BCUT2D eigenvalue weighted by atomic mass is 9.96. The Bertz CT molecular complexity index is 1400. The Labute approximate surface area is 207 Å². The average molecular weight is 498 g/mol. The summed E-state index contributed by atoms with van der Waals surface area (Å²) in [6.45, 7) is 4.72. The number of benzene rings is 1. The molecular weight excluding hydrogens is 462 g/mol. The number of hydrogen-bond donors (Lipinski definition) is 0. The predicted molar refractivity (Wildman–Crippen MR) is 137 cm³/mol. The average Bonchev–Trinajstić information content (AvgIpc) is 3.20. The van der Waals surface area contributed by atoms with E-state index < -0.39 is 10.0 Å². The molecule has 1 aliphatic carbocycles. The molecule has 8 nitrogen and oxygen atoms in total. The fourth-order valence-electron chi connectivity index (χ4n) is 4.71. The number of fused-ring (bicyclic) bond motifs is 1. The minimum atomic E-state index is -3.54. The van der Waals surface area contributed by atoms with Gasteiger partial charge in [0, 0.05) is 39.7 Å². The van der Waals surface area contributed by atoms with Crippen molar-refractivity contribution in [3.63, 3.8) is 0 Å². The first kappa shape index (κ1) is 25.3. The van der Waals surface area contributed by atoms with Crippen LogP contribution in [0.5, 0.6) is 0 Å².